The van der Waals surface area contributed by atoms with Gasteiger partial charge in [0.25, 0.3) is 5.92 Å². The summed E-state index contributed by atoms with van der Waals surface area (Å²) in [4.78, 5) is 18.6. The van der Waals surface area contributed by atoms with Crippen molar-refractivity contribution in [1.29, 1.82) is 5.26 Å². The van der Waals surface area contributed by atoms with E-state index >= 15 is 8.78 Å². The monoisotopic (exact) mass is 466 g/mol. The number of hydrogen-bond acceptors (Lipinski definition) is 5. The number of benzene rings is 2. The molecule has 2 heterocycles. The van der Waals surface area contributed by atoms with Gasteiger partial charge in [0.2, 0.25) is 0 Å². The number of halogens is 2. The van der Waals surface area contributed by atoms with Crippen molar-refractivity contribution in [3.05, 3.63) is 54.4 Å². The van der Waals surface area contributed by atoms with Crippen molar-refractivity contribution in [2.75, 3.05) is 18.1 Å². The van der Waals surface area contributed by atoms with Crippen LogP contribution in [-0.4, -0.2) is 40.3 Å². The Hall–Kier alpha value is -3.67. The minimum atomic E-state index is -2.92. The Morgan fingerprint density at radius 2 is 2.09 bits per heavy atom. The first-order chi connectivity index (χ1) is 16.3. The highest BCUT2D eigenvalue weighted by molar-refractivity contribution is 5.92. The van der Waals surface area contributed by atoms with Gasteiger partial charge in [-0.1, -0.05) is 12.1 Å². The minimum absolute atomic E-state index is 0.00716. The quantitative estimate of drug-likeness (QED) is 0.520. The van der Waals surface area contributed by atoms with Gasteiger partial charge in [0.05, 0.1) is 47.8 Å². The highest BCUT2D eigenvalue weighted by atomic mass is 19.3. The van der Waals surface area contributed by atoms with E-state index in [2.05, 4.69) is 11.1 Å². The van der Waals surface area contributed by atoms with E-state index < -0.39 is 23.5 Å². The fourth-order valence-electron chi connectivity index (χ4n) is 5.01. The first-order valence-corrected chi connectivity index (χ1v) is 11.3. The molecule has 1 saturated heterocycles. The van der Waals surface area contributed by atoms with E-state index in [4.69, 9.17) is 9.47 Å². The number of ether oxygens (including phenoxy) is 2. The third-order valence-electron chi connectivity index (χ3n) is 6.72. The summed E-state index contributed by atoms with van der Waals surface area (Å²) in [5.41, 5.74) is 1.28. The third-order valence-corrected chi connectivity index (χ3v) is 6.72. The summed E-state index contributed by atoms with van der Waals surface area (Å²) in [6, 6.07) is 14.2. The number of para-hydroxylation sites is 2. The van der Waals surface area contributed by atoms with Crippen LogP contribution in [0.4, 0.5) is 19.3 Å². The number of imidazole rings is 1. The lowest BCUT2D eigenvalue weighted by atomic mass is 9.75. The van der Waals surface area contributed by atoms with Crippen LogP contribution in [-0.2, 0) is 11.3 Å². The molecular formula is C25H24F2N4O3. The van der Waals surface area contributed by atoms with Gasteiger partial charge in [-0.15, -0.1) is 0 Å². The lowest BCUT2D eigenvalue weighted by molar-refractivity contribution is -0.139. The molecule has 1 aromatic heterocycles. The molecule has 2 fully saturated rings. The number of anilines is 1. The maximum Gasteiger partial charge on any atom is 0.415 e. The Morgan fingerprint density at radius 3 is 2.88 bits per heavy atom. The zero-order valence-corrected chi connectivity index (χ0v) is 18.7. The summed E-state index contributed by atoms with van der Waals surface area (Å²) in [5.74, 6) is -3.42. The highest BCUT2D eigenvalue weighted by Gasteiger charge is 2.56. The SMILES string of the molecule is CCOc1ccccc1N1C[C@]2(CCC(F)(F)[C@H](Cn3cnc4ccc(C#N)cc43)C2)OC1=O. The van der Waals surface area contributed by atoms with Crippen LogP contribution >= 0.6 is 0 Å². The van der Waals surface area contributed by atoms with E-state index in [1.54, 1.807) is 41.0 Å². The van der Waals surface area contributed by atoms with Crippen molar-refractivity contribution in [1.82, 2.24) is 9.55 Å². The predicted molar refractivity (Wildman–Crippen MR) is 121 cm³/mol. The summed E-state index contributed by atoms with van der Waals surface area (Å²) >= 11 is 0. The number of amides is 1. The molecule has 5 rings (SSSR count). The van der Waals surface area contributed by atoms with Gasteiger partial charge in [-0.05, 0) is 50.1 Å². The van der Waals surface area contributed by atoms with Gasteiger partial charge in [-0.25, -0.2) is 18.6 Å². The molecule has 2 aliphatic rings. The smallest absolute Gasteiger partial charge is 0.415 e. The molecular weight excluding hydrogens is 442 g/mol. The average molecular weight is 466 g/mol. The Kier molecular flexibility index (Phi) is 5.39. The van der Waals surface area contributed by atoms with Crippen LogP contribution in [0.2, 0.25) is 0 Å². The third kappa shape index (κ3) is 3.83. The molecule has 0 unspecified atom stereocenters. The molecule has 1 aliphatic carbocycles. The van der Waals surface area contributed by atoms with E-state index in [0.717, 1.165) is 0 Å². The predicted octanol–water partition coefficient (Wildman–Crippen LogP) is 5.14. The number of rotatable bonds is 5. The van der Waals surface area contributed by atoms with Crippen LogP contribution in [0.3, 0.4) is 0 Å². The van der Waals surface area contributed by atoms with Gasteiger partial charge >= 0.3 is 6.09 Å². The number of aromatic nitrogens is 2. The lowest BCUT2D eigenvalue weighted by Crippen LogP contribution is -2.48. The minimum Gasteiger partial charge on any atom is -0.492 e. The molecule has 1 amide bonds. The molecule has 34 heavy (non-hydrogen) atoms. The molecule has 9 heteroatoms. The van der Waals surface area contributed by atoms with Crippen molar-refractivity contribution in [3.63, 3.8) is 0 Å². The van der Waals surface area contributed by atoms with E-state index in [0.29, 0.717) is 34.6 Å². The summed E-state index contributed by atoms with van der Waals surface area (Å²) in [5, 5.41) is 9.20. The van der Waals surface area contributed by atoms with Crippen LogP contribution in [0.1, 0.15) is 31.7 Å². The molecule has 2 aromatic carbocycles. The van der Waals surface area contributed by atoms with Gasteiger partial charge in [0, 0.05) is 18.9 Å². The summed E-state index contributed by atoms with van der Waals surface area (Å²) < 4.78 is 43.2. The molecule has 1 saturated carbocycles. The second-order valence-corrected chi connectivity index (χ2v) is 8.91. The zero-order chi connectivity index (χ0) is 23.9. The Labute approximate surface area is 195 Å². The first kappa shape index (κ1) is 22.1. The van der Waals surface area contributed by atoms with Gasteiger partial charge in [0.15, 0.2) is 0 Å². The number of nitrogens with zero attached hydrogens (tertiary/aromatic N) is 4. The first-order valence-electron chi connectivity index (χ1n) is 11.3. The number of nitriles is 1. The largest absolute Gasteiger partial charge is 0.492 e. The fraction of sp³-hybridized carbons (Fsp3) is 0.400. The van der Waals surface area contributed by atoms with Crippen molar-refractivity contribution >= 4 is 22.8 Å². The Morgan fingerprint density at radius 1 is 1.26 bits per heavy atom. The standard InChI is InChI=1S/C25H24F2N4O3/c1-2-33-22-6-4-3-5-20(22)31-15-24(34-23(31)32)9-10-25(26,27)18(12-24)14-30-16-29-19-8-7-17(13-28)11-21(19)30/h3-8,11,16,18H,2,9-10,12,14-15H2,1H3/t18-,24+/m0/s1. The molecule has 0 bridgehead atoms. The summed E-state index contributed by atoms with van der Waals surface area (Å²) in [6.45, 7) is 2.48. The second kappa shape index (κ2) is 8.28. The van der Waals surface area contributed by atoms with E-state index in [-0.39, 0.29) is 32.4 Å². The highest BCUT2D eigenvalue weighted by Crippen LogP contribution is 2.49. The van der Waals surface area contributed by atoms with Crippen molar-refractivity contribution in [3.8, 4) is 11.8 Å². The number of carbonyl (C=O) groups excluding carboxylic acids is 1. The number of hydrogen-bond donors (Lipinski definition) is 0. The Bertz CT molecular complexity index is 1280. The maximum atomic E-state index is 15.1. The van der Waals surface area contributed by atoms with Crippen LogP contribution in [0.15, 0.2) is 48.8 Å². The summed E-state index contributed by atoms with van der Waals surface area (Å²) in [6.07, 6.45) is 0.703. The van der Waals surface area contributed by atoms with Crippen molar-refractivity contribution in [2.45, 2.75) is 44.3 Å². The van der Waals surface area contributed by atoms with Crippen LogP contribution in [0, 0.1) is 17.2 Å². The van der Waals surface area contributed by atoms with Gasteiger partial charge in [-0.3, -0.25) is 4.90 Å². The maximum absolute atomic E-state index is 15.1. The lowest BCUT2D eigenvalue weighted by Gasteiger charge is -2.41. The van der Waals surface area contributed by atoms with Crippen LogP contribution in [0.5, 0.6) is 5.75 Å². The second-order valence-electron chi connectivity index (χ2n) is 8.91. The average Bonchev–Trinajstić information content (AvgIpc) is 3.37. The van der Waals surface area contributed by atoms with Crippen LogP contribution < -0.4 is 9.64 Å². The fourth-order valence-corrected chi connectivity index (χ4v) is 5.01. The molecule has 1 spiro atoms. The van der Waals surface area contributed by atoms with E-state index in [1.807, 2.05) is 13.0 Å². The summed E-state index contributed by atoms with van der Waals surface area (Å²) in [7, 11) is 0. The topological polar surface area (TPSA) is 80.4 Å². The molecule has 7 nitrogen and oxygen atoms in total. The van der Waals surface area contributed by atoms with Gasteiger partial charge in [-0.2, -0.15) is 5.26 Å². The van der Waals surface area contributed by atoms with E-state index in [9.17, 15) is 10.1 Å². The molecule has 0 N–H and O–H groups in total. The molecule has 1 aliphatic heterocycles. The normalized spacial score (nSPS) is 23.8. The van der Waals surface area contributed by atoms with E-state index in [1.165, 1.54) is 11.2 Å². The number of carbonyl (C=O) groups is 1. The van der Waals surface area contributed by atoms with Crippen LogP contribution in [0.25, 0.3) is 11.0 Å². The van der Waals surface area contributed by atoms with Crippen molar-refractivity contribution in [2.24, 2.45) is 5.92 Å². The molecule has 176 valence electrons. The van der Waals surface area contributed by atoms with Gasteiger partial charge in [0.1, 0.15) is 11.4 Å². The molecule has 0 radical (unpaired) electrons. The van der Waals surface area contributed by atoms with Crippen molar-refractivity contribution < 1.29 is 23.0 Å². The zero-order valence-electron chi connectivity index (χ0n) is 18.7. The molecule has 3 aromatic rings. The number of alkyl halides is 2. The molecule has 2 atom stereocenters. The van der Waals surface area contributed by atoms with Gasteiger partial charge < -0.3 is 14.0 Å². The Balaban J connectivity index is 1.41. The number of fused-ring (bicyclic) bond motifs is 1.